The number of fused-ring (bicyclic) bond motifs is 1. The van der Waals surface area contributed by atoms with Gasteiger partial charge in [0, 0.05) is 25.0 Å². The second kappa shape index (κ2) is 5.96. The Kier molecular flexibility index (Phi) is 4.06. The third-order valence-electron chi connectivity index (χ3n) is 4.85. The van der Waals surface area contributed by atoms with E-state index in [4.69, 9.17) is 5.73 Å². The lowest BCUT2D eigenvalue weighted by molar-refractivity contribution is -0.136. The van der Waals surface area contributed by atoms with Gasteiger partial charge in [-0.2, -0.15) is 0 Å². The normalized spacial score (nSPS) is 26.8. The van der Waals surface area contributed by atoms with Crippen LogP contribution in [0, 0.1) is 5.92 Å². The summed E-state index contributed by atoms with van der Waals surface area (Å²) in [7, 11) is 0. The van der Waals surface area contributed by atoms with Crippen LogP contribution in [0.2, 0.25) is 0 Å². The van der Waals surface area contributed by atoms with Gasteiger partial charge in [-0.1, -0.05) is 24.3 Å². The third kappa shape index (κ3) is 2.88. The number of carbonyl (C=O) groups is 1. The first kappa shape index (κ1) is 13.6. The van der Waals surface area contributed by atoms with Crippen LogP contribution >= 0.6 is 0 Å². The van der Waals surface area contributed by atoms with E-state index in [0.717, 1.165) is 51.6 Å². The van der Waals surface area contributed by atoms with Gasteiger partial charge in [-0.3, -0.25) is 4.79 Å². The highest BCUT2D eigenvalue weighted by molar-refractivity contribution is 5.79. The fraction of sp³-hybridized carbons (Fsp3) is 0.588. The van der Waals surface area contributed by atoms with Crippen molar-refractivity contribution in [3.05, 3.63) is 35.4 Å². The number of hydrogen-bond donors (Lipinski definition) is 1. The number of amides is 1. The predicted molar refractivity (Wildman–Crippen MR) is 80.4 cm³/mol. The molecule has 2 aliphatic rings. The molecule has 108 valence electrons. The molecular weight excluding hydrogens is 248 g/mol. The van der Waals surface area contributed by atoms with Crippen LogP contribution in [0.1, 0.15) is 36.8 Å². The topological polar surface area (TPSA) is 46.3 Å². The summed E-state index contributed by atoms with van der Waals surface area (Å²) in [5, 5.41) is 0. The Morgan fingerprint density at radius 3 is 2.10 bits per heavy atom. The van der Waals surface area contributed by atoms with Crippen LogP contribution in [-0.2, 0) is 17.6 Å². The number of hydrogen-bond acceptors (Lipinski definition) is 2. The lowest BCUT2D eigenvalue weighted by atomic mass is 9.85. The number of carbonyl (C=O) groups excluding carboxylic acids is 1. The lowest BCUT2D eigenvalue weighted by Gasteiger charge is -2.30. The van der Waals surface area contributed by atoms with E-state index in [1.165, 1.54) is 11.1 Å². The molecule has 0 spiro atoms. The van der Waals surface area contributed by atoms with E-state index in [9.17, 15) is 4.79 Å². The molecule has 1 heterocycles. The first-order valence-corrected chi connectivity index (χ1v) is 7.85. The first-order valence-electron chi connectivity index (χ1n) is 7.85. The van der Waals surface area contributed by atoms with Gasteiger partial charge in [0.05, 0.1) is 0 Å². The van der Waals surface area contributed by atoms with E-state index in [0.29, 0.717) is 11.9 Å². The molecule has 1 aliphatic carbocycles. The predicted octanol–water partition coefficient (Wildman–Crippen LogP) is 2.13. The van der Waals surface area contributed by atoms with Crippen molar-refractivity contribution in [2.45, 2.75) is 44.6 Å². The van der Waals surface area contributed by atoms with Crippen LogP contribution in [0.3, 0.4) is 0 Å². The summed E-state index contributed by atoms with van der Waals surface area (Å²) in [6.45, 7) is 1.75. The highest BCUT2D eigenvalue weighted by atomic mass is 16.2. The van der Waals surface area contributed by atoms with Gasteiger partial charge in [0.1, 0.15) is 0 Å². The van der Waals surface area contributed by atoms with Crippen LogP contribution in [0.25, 0.3) is 0 Å². The third-order valence-corrected chi connectivity index (χ3v) is 4.85. The second-order valence-corrected chi connectivity index (χ2v) is 6.21. The van der Waals surface area contributed by atoms with E-state index in [-0.39, 0.29) is 5.92 Å². The van der Waals surface area contributed by atoms with Gasteiger partial charge in [0.15, 0.2) is 0 Å². The molecule has 0 saturated heterocycles. The maximum absolute atomic E-state index is 12.6. The smallest absolute Gasteiger partial charge is 0.225 e. The zero-order valence-corrected chi connectivity index (χ0v) is 12.1. The number of benzene rings is 1. The molecule has 3 nitrogen and oxygen atoms in total. The van der Waals surface area contributed by atoms with Gasteiger partial charge >= 0.3 is 0 Å². The van der Waals surface area contributed by atoms with Crippen LogP contribution < -0.4 is 5.73 Å². The SMILES string of the molecule is NC1CCC(C(=O)N2CCc3ccccc3CC2)CC1. The molecule has 1 aromatic carbocycles. The van der Waals surface area contributed by atoms with Crippen molar-refractivity contribution >= 4 is 5.91 Å². The molecule has 3 rings (SSSR count). The Bertz CT molecular complexity index is 451. The molecule has 0 unspecified atom stereocenters. The summed E-state index contributed by atoms with van der Waals surface area (Å²) in [6, 6.07) is 8.90. The van der Waals surface area contributed by atoms with Crippen molar-refractivity contribution in [2.75, 3.05) is 13.1 Å². The summed E-state index contributed by atoms with van der Waals surface area (Å²) in [5.74, 6) is 0.584. The van der Waals surface area contributed by atoms with Crippen LogP contribution in [0.5, 0.6) is 0 Å². The summed E-state index contributed by atoms with van der Waals surface area (Å²) in [5.41, 5.74) is 8.75. The van der Waals surface area contributed by atoms with Gasteiger partial charge in [-0.15, -0.1) is 0 Å². The molecule has 2 N–H and O–H groups in total. The molecule has 1 saturated carbocycles. The van der Waals surface area contributed by atoms with E-state index in [1.807, 2.05) is 0 Å². The fourth-order valence-electron chi connectivity index (χ4n) is 3.51. The second-order valence-electron chi connectivity index (χ2n) is 6.21. The highest BCUT2D eigenvalue weighted by Gasteiger charge is 2.29. The van der Waals surface area contributed by atoms with Crippen LogP contribution in [-0.4, -0.2) is 29.9 Å². The minimum atomic E-state index is 0.219. The molecule has 1 fully saturated rings. The van der Waals surface area contributed by atoms with Crippen molar-refractivity contribution in [2.24, 2.45) is 11.7 Å². The molecular formula is C17H24N2O. The minimum absolute atomic E-state index is 0.219. The molecule has 0 aromatic heterocycles. The van der Waals surface area contributed by atoms with Gasteiger partial charge in [0.2, 0.25) is 5.91 Å². The van der Waals surface area contributed by atoms with Crippen molar-refractivity contribution in [1.29, 1.82) is 0 Å². The number of nitrogens with two attached hydrogens (primary N) is 1. The molecule has 0 atom stereocenters. The maximum Gasteiger partial charge on any atom is 0.225 e. The Labute approximate surface area is 121 Å². The first-order chi connectivity index (χ1) is 9.74. The molecule has 3 heteroatoms. The van der Waals surface area contributed by atoms with Crippen LogP contribution in [0.4, 0.5) is 0 Å². The highest BCUT2D eigenvalue weighted by Crippen LogP contribution is 2.26. The Hall–Kier alpha value is -1.35. The van der Waals surface area contributed by atoms with E-state index >= 15 is 0 Å². The van der Waals surface area contributed by atoms with Gasteiger partial charge in [-0.05, 0) is 49.7 Å². The van der Waals surface area contributed by atoms with E-state index in [1.54, 1.807) is 0 Å². The summed E-state index contributed by atoms with van der Waals surface area (Å²) < 4.78 is 0. The van der Waals surface area contributed by atoms with Crippen molar-refractivity contribution in [3.63, 3.8) is 0 Å². The molecule has 1 aromatic rings. The molecule has 0 radical (unpaired) electrons. The zero-order chi connectivity index (χ0) is 13.9. The maximum atomic E-state index is 12.6. The van der Waals surface area contributed by atoms with Crippen molar-refractivity contribution in [3.8, 4) is 0 Å². The Morgan fingerprint density at radius 2 is 1.55 bits per heavy atom. The Morgan fingerprint density at radius 1 is 1.00 bits per heavy atom. The van der Waals surface area contributed by atoms with Crippen molar-refractivity contribution in [1.82, 2.24) is 4.90 Å². The minimum Gasteiger partial charge on any atom is -0.342 e. The zero-order valence-electron chi connectivity index (χ0n) is 12.1. The lowest BCUT2D eigenvalue weighted by Crippen LogP contribution is -2.40. The number of rotatable bonds is 1. The quantitative estimate of drug-likeness (QED) is 0.851. The van der Waals surface area contributed by atoms with E-state index < -0.39 is 0 Å². The summed E-state index contributed by atoms with van der Waals surface area (Å²) >= 11 is 0. The van der Waals surface area contributed by atoms with Gasteiger partial charge in [0.25, 0.3) is 0 Å². The Balaban J connectivity index is 1.63. The summed E-state index contributed by atoms with van der Waals surface area (Å²) in [4.78, 5) is 14.7. The average Bonchev–Trinajstić information content (AvgIpc) is 2.70. The van der Waals surface area contributed by atoms with Crippen molar-refractivity contribution < 1.29 is 4.79 Å². The van der Waals surface area contributed by atoms with Gasteiger partial charge < -0.3 is 10.6 Å². The molecule has 0 bridgehead atoms. The van der Waals surface area contributed by atoms with Gasteiger partial charge in [-0.25, -0.2) is 0 Å². The average molecular weight is 272 g/mol. The standard InChI is InChI=1S/C17H24N2O/c18-16-7-5-15(6-8-16)17(20)19-11-9-13-3-1-2-4-14(13)10-12-19/h1-4,15-16H,5-12,18H2. The molecule has 20 heavy (non-hydrogen) atoms. The monoisotopic (exact) mass is 272 g/mol. The molecule has 1 aliphatic heterocycles. The number of nitrogens with zero attached hydrogens (tertiary/aromatic N) is 1. The molecule has 1 amide bonds. The largest absolute Gasteiger partial charge is 0.342 e. The van der Waals surface area contributed by atoms with Crippen LogP contribution in [0.15, 0.2) is 24.3 Å². The summed E-state index contributed by atoms with van der Waals surface area (Å²) in [6.07, 6.45) is 5.95. The fourth-order valence-corrected chi connectivity index (χ4v) is 3.51. The van der Waals surface area contributed by atoms with E-state index in [2.05, 4.69) is 29.2 Å².